The summed E-state index contributed by atoms with van der Waals surface area (Å²) in [4.78, 5) is 0. The highest BCUT2D eigenvalue weighted by molar-refractivity contribution is 5.52. The predicted molar refractivity (Wildman–Crippen MR) is 42.8 cm³/mol. The van der Waals surface area contributed by atoms with Crippen molar-refractivity contribution in [3.05, 3.63) is 0 Å². The first-order valence-corrected chi connectivity index (χ1v) is 3.61. The molecule has 0 amide bonds. The fourth-order valence-corrected chi connectivity index (χ4v) is 0.457. The minimum atomic E-state index is 0.765. The lowest BCUT2D eigenvalue weighted by atomic mass is 10.5. The van der Waals surface area contributed by atoms with Crippen LogP contribution in [0.5, 0.6) is 0 Å². The van der Waals surface area contributed by atoms with Gasteiger partial charge in [0.1, 0.15) is 0 Å². The topological polar surface area (TPSA) is 59.9 Å². The minimum absolute atomic E-state index is 0.765. The van der Waals surface area contributed by atoms with Gasteiger partial charge in [0, 0.05) is 13.1 Å². The van der Waals surface area contributed by atoms with Gasteiger partial charge in [0.15, 0.2) is 0 Å². The van der Waals surface area contributed by atoms with Crippen molar-refractivity contribution in [2.75, 3.05) is 13.1 Å². The molecule has 0 atom stereocenters. The van der Waals surface area contributed by atoms with E-state index in [1.54, 1.807) is 0 Å². The van der Waals surface area contributed by atoms with Crippen molar-refractivity contribution >= 4 is 6.21 Å². The number of nitrogens with one attached hydrogen (secondary N) is 4. The monoisotopic (exact) mass is 144 g/mol. The molecule has 0 aromatic carbocycles. The van der Waals surface area contributed by atoms with Crippen LogP contribution in [0.15, 0.2) is 0 Å². The summed E-state index contributed by atoms with van der Waals surface area (Å²) in [6.07, 6.45) is 3.26. The molecule has 0 unspecified atom stereocenters. The Morgan fingerprint density at radius 1 is 1.30 bits per heavy atom. The average Bonchev–Trinajstić information content (AvgIpc) is 1.97. The second-order valence-electron chi connectivity index (χ2n) is 1.97. The largest absolute Gasteiger partial charge is 0.313 e. The third kappa shape index (κ3) is 7.55. The van der Waals surface area contributed by atoms with E-state index in [0.717, 1.165) is 25.9 Å². The second-order valence-corrected chi connectivity index (χ2v) is 1.97. The maximum Gasteiger partial charge on any atom is 0.0162 e. The summed E-state index contributed by atoms with van der Waals surface area (Å²) in [6, 6.07) is 0. The SMILES string of the molecule is CCCNNNCCC=N. The highest BCUT2D eigenvalue weighted by Crippen LogP contribution is 1.65. The summed E-state index contributed by atoms with van der Waals surface area (Å²) < 4.78 is 0. The van der Waals surface area contributed by atoms with E-state index >= 15 is 0 Å². The Labute approximate surface area is 61.8 Å². The molecule has 0 aromatic heterocycles. The molecule has 0 aliphatic rings. The van der Waals surface area contributed by atoms with E-state index in [2.05, 4.69) is 23.3 Å². The molecule has 0 fully saturated rings. The first kappa shape index (κ1) is 9.55. The van der Waals surface area contributed by atoms with Crippen molar-refractivity contribution in [2.45, 2.75) is 19.8 Å². The van der Waals surface area contributed by atoms with Crippen LogP contribution in [-0.4, -0.2) is 19.3 Å². The maximum atomic E-state index is 6.71. The van der Waals surface area contributed by atoms with Crippen LogP contribution in [0.25, 0.3) is 0 Å². The van der Waals surface area contributed by atoms with Crippen LogP contribution in [-0.2, 0) is 0 Å². The number of hydrazine groups is 2. The van der Waals surface area contributed by atoms with E-state index in [-0.39, 0.29) is 0 Å². The van der Waals surface area contributed by atoms with Crippen molar-refractivity contribution in [3.8, 4) is 0 Å². The fourth-order valence-electron chi connectivity index (χ4n) is 0.457. The Morgan fingerprint density at radius 2 is 2.00 bits per heavy atom. The Hall–Kier alpha value is -0.450. The standard InChI is InChI=1S/C6H16N4/c1-2-5-8-10-9-6-3-4-7/h4,7-10H,2-3,5-6H2,1H3. The number of hydrogen-bond acceptors (Lipinski definition) is 4. The quantitative estimate of drug-likeness (QED) is 0.232. The Bertz CT molecular complexity index is 74.1. The van der Waals surface area contributed by atoms with Crippen LogP contribution in [0, 0.1) is 5.41 Å². The Kier molecular flexibility index (Phi) is 8.17. The lowest BCUT2D eigenvalue weighted by Crippen LogP contribution is -2.43. The Morgan fingerprint density at radius 3 is 2.60 bits per heavy atom. The van der Waals surface area contributed by atoms with Crippen LogP contribution in [0.2, 0.25) is 0 Å². The van der Waals surface area contributed by atoms with E-state index in [1.165, 1.54) is 6.21 Å². The van der Waals surface area contributed by atoms with Crippen LogP contribution in [0.4, 0.5) is 0 Å². The van der Waals surface area contributed by atoms with Crippen molar-refractivity contribution < 1.29 is 0 Å². The van der Waals surface area contributed by atoms with Gasteiger partial charge in [0.05, 0.1) is 0 Å². The number of rotatable bonds is 7. The summed E-state index contributed by atoms with van der Waals surface area (Å²) >= 11 is 0. The van der Waals surface area contributed by atoms with E-state index in [0.29, 0.717) is 0 Å². The Balaban J connectivity index is 2.70. The smallest absolute Gasteiger partial charge is 0.0162 e. The van der Waals surface area contributed by atoms with Crippen molar-refractivity contribution in [1.82, 2.24) is 16.4 Å². The van der Waals surface area contributed by atoms with Gasteiger partial charge in [-0.25, -0.2) is 10.9 Å². The molecule has 0 aliphatic heterocycles. The van der Waals surface area contributed by atoms with Crippen molar-refractivity contribution in [1.29, 1.82) is 5.41 Å². The lowest BCUT2D eigenvalue weighted by Gasteiger charge is -2.04. The third-order valence-corrected chi connectivity index (χ3v) is 0.965. The highest BCUT2D eigenvalue weighted by atomic mass is 15.6. The molecule has 4 heteroatoms. The summed E-state index contributed by atoms with van der Waals surface area (Å²) in [6.45, 7) is 3.85. The predicted octanol–water partition coefficient (Wildman–Crippen LogP) is 0.0349. The third-order valence-electron chi connectivity index (χ3n) is 0.965. The summed E-state index contributed by atoms with van der Waals surface area (Å²) in [5.74, 6) is 0. The first-order valence-electron chi connectivity index (χ1n) is 3.61. The summed E-state index contributed by atoms with van der Waals surface area (Å²) in [5.41, 5.74) is 8.68. The molecule has 0 saturated heterocycles. The second kappa shape index (κ2) is 8.55. The van der Waals surface area contributed by atoms with Gasteiger partial charge in [-0.1, -0.05) is 6.92 Å². The molecule has 10 heavy (non-hydrogen) atoms. The van der Waals surface area contributed by atoms with Crippen molar-refractivity contribution in [3.63, 3.8) is 0 Å². The lowest BCUT2D eigenvalue weighted by molar-refractivity contribution is 0.440. The molecule has 0 aromatic rings. The molecule has 0 radical (unpaired) electrons. The van der Waals surface area contributed by atoms with E-state index in [9.17, 15) is 0 Å². The minimum Gasteiger partial charge on any atom is -0.313 e. The molecular formula is C6H16N4. The van der Waals surface area contributed by atoms with Gasteiger partial charge in [-0.3, -0.25) is 0 Å². The molecule has 0 aliphatic carbocycles. The van der Waals surface area contributed by atoms with Gasteiger partial charge in [-0.15, -0.1) is 0 Å². The fraction of sp³-hybridized carbons (Fsp3) is 0.833. The molecule has 0 saturated carbocycles. The first-order chi connectivity index (χ1) is 4.91. The van der Waals surface area contributed by atoms with Crippen LogP contribution >= 0.6 is 0 Å². The van der Waals surface area contributed by atoms with E-state index in [1.807, 2.05) is 0 Å². The molecule has 0 rings (SSSR count). The van der Waals surface area contributed by atoms with Gasteiger partial charge in [0.25, 0.3) is 0 Å². The van der Waals surface area contributed by atoms with Crippen LogP contribution in [0.1, 0.15) is 19.8 Å². The van der Waals surface area contributed by atoms with Gasteiger partial charge >= 0.3 is 0 Å². The van der Waals surface area contributed by atoms with Gasteiger partial charge < -0.3 is 5.41 Å². The average molecular weight is 144 g/mol. The summed E-state index contributed by atoms with van der Waals surface area (Å²) in [7, 11) is 0. The van der Waals surface area contributed by atoms with Crippen LogP contribution in [0.3, 0.4) is 0 Å². The molecule has 4 nitrogen and oxygen atoms in total. The highest BCUT2D eigenvalue weighted by Gasteiger charge is 1.80. The van der Waals surface area contributed by atoms with Gasteiger partial charge in [-0.05, 0) is 19.1 Å². The van der Waals surface area contributed by atoms with Crippen LogP contribution < -0.4 is 16.4 Å². The molecule has 60 valence electrons. The summed E-state index contributed by atoms with van der Waals surface area (Å²) in [5, 5.41) is 6.71. The molecule has 4 N–H and O–H groups in total. The van der Waals surface area contributed by atoms with E-state index < -0.39 is 0 Å². The zero-order chi connectivity index (χ0) is 7.66. The van der Waals surface area contributed by atoms with Gasteiger partial charge in [-0.2, -0.15) is 5.53 Å². The zero-order valence-electron chi connectivity index (χ0n) is 6.41. The van der Waals surface area contributed by atoms with Gasteiger partial charge in [0.2, 0.25) is 0 Å². The molecular weight excluding hydrogens is 128 g/mol. The zero-order valence-corrected chi connectivity index (χ0v) is 6.41. The van der Waals surface area contributed by atoms with E-state index in [4.69, 9.17) is 5.41 Å². The normalized spacial score (nSPS) is 9.70. The van der Waals surface area contributed by atoms with Crippen molar-refractivity contribution in [2.24, 2.45) is 0 Å². The molecule has 0 spiro atoms. The number of hydrogen-bond donors (Lipinski definition) is 4. The maximum absolute atomic E-state index is 6.71. The molecule has 0 bridgehead atoms. The molecule has 0 heterocycles.